The van der Waals surface area contributed by atoms with Crippen molar-refractivity contribution in [1.82, 2.24) is 0 Å². The van der Waals surface area contributed by atoms with Crippen LogP contribution in [0.15, 0.2) is 0 Å². The van der Waals surface area contributed by atoms with Gasteiger partial charge in [-0.2, -0.15) is 8.78 Å². The van der Waals surface area contributed by atoms with Crippen LogP contribution in [0, 0.1) is 0 Å². The second kappa shape index (κ2) is 5.32. The Morgan fingerprint density at radius 2 is 2.15 bits per heavy atom. The summed E-state index contributed by atoms with van der Waals surface area (Å²) in [5.41, 5.74) is 0. The monoisotopic (exact) mass is 218 g/mol. The smallest absolute Gasteiger partial charge is 0.352 e. The molecule has 0 aromatic rings. The van der Waals surface area contributed by atoms with Crippen LogP contribution in [0.2, 0.25) is 0 Å². The molecule has 0 fully saturated rings. The Morgan fingerprint density at radius 3 is 2.54 bits per heavy atom. The predicted molar refractivity (Wildman–Crippen MR) is 41.6 cm³/mol. The fourth-order valence-electron chi connectivity index (χ4n) is 0.641. The normalized spacial score (nSPS) is 13.9. The highest BCUT2D eigenvalue weighted by Crippen LogP contribution is 2.28. The quantitative estimate of drug-likeness (QED) is 0.524. The first-order valence-electron chi connectivity index (χ1n) is 3.74. The lowest BCUT2D eigenvalue weighted by Gasteiger charge is -2.12. The molecular weight excluding hydrogens is 209 g/mol. The Labute approximate surface area is 79.0 Å². The molecule has 0 aliphatic heterocycles. The third-order valence-electron chi connectivity index (χ3n) is 1.26. The molecule has 0 aliphatic rings. The van der Waals surface area contributed by atoms with E-state index in [9.17, 15) is 18.0 Å². The molecule has 0 rings (SSSR count). The Hall–Kier alpha value is -0.450. The maximum atomic E-state index is 12.4. The summed E-state index contributed by atoms with van der Waals surface area (Å²) in [4.78, 5) is 10.6. The molecule has 0 aromatic heterocycles. The zero-order valence-electron chi connectivity index (χ0n) is 7.03. The Morgan fingerprint density at radius 1 is 1.62 bits per heavy atom. The molecule has 0 aliphatic carbocycles. The van der Waals surface area contributed by atoms with Crippen LogP contribution in [0.25, 0.3) is 0 Å². The maximum Gasteiger partial charge on any atom is 0.352 e. The average Bonchev–Trinajstić information content (AvgIpc) is 1.99. The molecule has 0 spiro atoms. The van der Waals surface area contributed by atoms with Crippen LogP contribution in [0.4, 0.5) is 13.2 Å². The zero-order valence-corrected chi connectivity index (χ0v) is 7.78. The minimum atomic E-state index is -3.91. The lowest BCUT2D eigenvalue weighted by molar-refractivity contribution is -0.144. The number of hydrogen-bond acceptors (Lipinski definition) is 2. The highest BCUT2D eigenvalue weighted by Gasteiger charge is 2.37. The number of carbonyl (C=O) groups is 1. The summed E-state index contributed by atoms with van der Waals surface area (Å²) >= 11 is 4.38. The van der Waals surface area contributed by atoms with E-state index >= 15 is 0 Å². The third kappa shape index (κ3) is 5.74. The molecule has 0 saturated heterocycles. The van der Waals surface area contributed by atoms with Gasteiger partial charge in [-0.05, 0) is 24.9 Å². The summed E-state index contributed by atoms with van der Waals surface area (Å²) in [6.07, 6.45) is -3.54. The third-order valence-corrected chi connectivity index (χ3v) is 1.50. The van der Waals surface area contributed by atoms with Gasteiger partial charge in [0, 0.05) is 6.42 Å². The van der Waals surface area contributed by atoms with Crippen molar-refractivity contribution in [3.63, 3.8) is 0 Å². The maximum absolute atomic E-state index is 12.4. The van der Waals surface area contributed by atoms with Gasteiger partial charge in [-0.15, -0.1) is 0 Å². The Balaban J connectivity index is 3.70. The lowest BCUT2D eigenvalue weighted by atomic mass is 10.2. The van der Waals surface area contributed by atoms with Gasteiger partial charge in [0.15, 0.2) is 6.17 Å². The second-order valence-electron chi connectivity index (χ2n) is 2.35. The molecule has 0 bridgehead atoms. The summed E-state index contributed by atoms with van der Waals surface area (Å²) in [5.74, 6) is -0.703. The molecule has 0 amide bonds. The van der Waals surface area contributed by atoms with Crippen molar-refractivity contribution in [3.8, 4) is 0 Å². The van der Waals surface area contributed by atoms with E-state index in [4.69, 9.17) is 0 Å². The van der Waals surface area contributed by atoms with E-state index < -0.39 is 30.4 Å². The van der Waals surface area contributed by atoms with Gasteiger partial charge in [-0.1, -0.05) is 0 Å². The molecule has 0 N–H and O–H groups in total. The summed E-state index contributed by atoms with van der Waals surface area (Å²) in [6, 6.07) is 0. The van der Waals surface area contributed by atoms with E-state index in [0.717, 1.165) is 0 Å². The van der Waals surface area contributed by atoms with Crippen LogP contribution < -0.4 is 0 Å². The van der Waals surface area contributed by atoms with E-state index in [2.05, 4.69) is 16.3 Å². The zero-order chi connectivity index (χ0) is 10.5. The minimum Gasteiger partial charge on any atom is -0.466 e. The molecule has 78 valence electrons. The first kappa shape index (κ1) is 12.5. The van der Waals surface area contributed by atoms with Crippen molar-refractivity contribution in [3.05, 3.63) is 0 Å². The molecule has 6 heteroatoms. The minimum absolute atomic E-state index is 0.146. The molecule has 0 saturated carbocycles. The van der Waals surface area contributed by atoms with E-state index in [1.165, 1.54) is 0 Å². The van der Waals surface area contributed by atoms with Crippen molar-refractivity contribution in [2.24, 2.45) is 0 Å². The fourth-order valence-corrected chi connectivity index (χ4v) is 0.751. The first-order valence-corrected chi connectivity index (χ1v) is 4.12. The molecular formula is C7H10ClF3O2. The van der Waals surface area contributed by atoms with Gasteiger partial charge >= 0.3 is 11.4 Å². The summed E-state index contributed by atoms with van der Waals surface area (Å²) in [6.45, 7) is 1.72. The van der Waals surface area contributed by atoms with Gasteiger partial charge in [0.1, 0.15) is 0 Å². The number of hydrogen-bond donors (Lipinski definition) is 0. The molecule has 2 nitrogen and oxygen atoms in total. The van der Waals surface area contributed by atoms with E-state index in [0.29, 0.717) is 0 Å². The molecule has 13 heavy (non-hydrogen) atoms. The van der Waals surface area contributed by atoms with Crippen molar-refractivity contribution < 1.29 is 22.7 Å². The number of ether oxygens (including phenoxy) is 1. The molecule has 1 unspecified atom stereocenters. The number of carbonyl (C=O) groups excluding carboxylic acids is 1. The van der Waals surface area contributed by atoms with Gasteiger partial charge in [-0.25, -0.2) is 4.39 Å². The van der Waals surface area contributed by atoms with E-state index in [-0.39, 0.29) is 6.61 Å². The summed E-state index contributed by atoms with van der Waals surface area (Å²) in [5, 5.41) is -3.91. The summed E-state index contributed by atoms with van der Waals surface area (Å²) < 4.78 is 40.8. The van der Waals surface area contributed by atoms with Crippen LogP contribution in [0.5, 0.6) is 0 Å². The Bertz CT molecular complexity index is 170. The highest BCUT2D eigenvalue weighted by atomic mass is 35.5. The molecule has 1 atom stereocenters. The van der Waals surface area contributed by atoms with Crippen molar-refractivity contribution >= 4 is 17.6 Å². The van der Waals surface area contributed by atoms with Crippen molar-refractivity contribution in [2.75, 3.05) is 6.61 Å². The lowest BCUT2D eigenvalue weighted by Crippen LogP contribution is -2.24. The van der Waals surface area contributed by atoms with E-state index in [1.807, 2.05) is 0 Å². The van der Waals surface area contributed by atoms with Crippen molar-refractivity contribution in [2.45, 2.75) is 31.3 Å². The number of halogens is 4. The first-order chi connectivity index (χ1) is 5.88. The molecule has 0 heterocycles. The summed E-state index contributed by atoms with van der Waals surface area (Å²) in [7, 11) is 0. The number of alkyl halides is 4. The standard InChI is InChI=1S/C7H10ClF3O2/c1-2-13-6(12)4-3-5(9)7(8,10)11/h5H,2-4H2,1H3. The topological polar surface area (TPSA) is 26.3 Å². The van der Waals surface area contributed by atoms with Crippen LogP contribution in [-0.2, 0) is 9.53 Å². The number of esters is 1. The van der Waals surface area contributed by atoms with Gasteiger partial charge in [0.2, 0.25) is 0 Å². The fraction of sp³-hybridized carbons (Fsp3) is 0.857. The Kier molecular flexibility index (Phi) is 5.13. The highest BCUT2D eigenvalue weighted by molar-refractivity contribution is 6.22. The van der Waals surface area contributed by atoms with Crippen molar-refractivity contribution in [1.29, 1.82) is 0 Å². The van der Waals surface area contributed by atoms with Gasteiger partial charge in [0.05, 0.1) is 6.61 Å². The largest absolute Gasteiger partial charge is 0.466 e. The van der Waals surface area contributed by atoms with Gasteiger partial charge in [-0.3, -0.25) is 4.79 Å². The SMILES string of the molecule is CCOC(=O)CCC(F)C(F)(F)Cl. The van der Waals surface area contributed by atoms with Crippen LogP contribution in [0.3, 0.4) is 0 Å². The second-order valence-corrected chi connectivity index (χ2v) is 2.86. The van der Waals surface area contributed by atoms with Crippen LogP contribution in [0.1, 0.15) is 19.8 Å². The van der Waals surface area contributed by atoms with Gasteiger partial charge < -0.3 is 4.74 Å². The average molecular weight is 219 g/mol. The molecule has 0 radical (unpaired) electrons. The number of rotatable bonds is 5. The predicted octanol–water partition coefficient (Wildman–Crippen LogP) is 2.50. The van der Waals surface area contributed by atoms with E-state index in [1.54, 1.807) is 6.92 Å². The van der Waals surface area contributed by atoms with Gasteiger partial charge in [0.25, 0.3) is 0 Å². The van der Waals surface area contributed by atoms with Crippen LogP contribution >= 0.6 is 11.6 Å². The van der Waals surface area contributed by atoms with Crippen LogP contribution in [-0.4, -0.2) is 24.1 Å². The molecule has 0 aromatic carbocycles.